The van der Waals surface area contributed by atoms with E-state index in [9.17, 15) is 10.4 Å². The first kappa shape index (κ1) is 16.0. The monoisotopic (exact) mass is 279 g/mol. The van der Waals surface area contributed by atoms with Crippen LogP contribution in [0.25, 0.3) is 0 Å². The van der Waals surface area contributed by atoms with Gasteiger partial charge in [0.05, 0.1) is 17.6 Å². The number of hydrogen-bond donors (Lipinski definition) is 1. The Balaban J connectivity index is 0.000000861. The van der Waals surface area contributed by atoms with Crippen LogP contribution in [0.3, 0.4) is 0 Å². The molecule has 1 aliphatic rings. The highest BCUT2D eigenvalue weighted by Gasteiger charge is 2.37. The summed E-state index contributed by atoms with van der Waals surface area (Å²) >= 11 is 6.12. The lowest BCUT2D eigenvalue weighted by Gasteiger charge is -2.34. The minimum Gasteiger partial charge on any atom is -0.393 e. The Hall–Kier alpha value is -1.04. The lowest BCUT2D eigenvalue weighted by molar-refractivity contribution is 0.102. The number of aliphatic hydroxyl groups excluding tert-OH is 1. The fourth-order valence-corrected chi connectivity index (χ4v) is 2.75. The van der Waals surface area contributed by atoms with Crippen molar-refractivity contribution in [1.29, 1.82) is 5.26 Å². The maximum Gasteiger partial charge on any atom is 0.0847 e. The summed E-state index contributed by atoms with van der Waals surface area (Å²) in [5, 5.41) is 19.9. The van der Waals surface area contributed by atoms with Gasteiger partial charge in [-0.1, -0.05) is 37.6 Å². The van der Waals surface area contributed by atoms with Gasteiger partial charge in [-0.3, -0.25) is 0 Å². The zero-order chi connectivity index (χ0) is 14.5. The van der Waals surface area contributed by atoms with Crippen LogP contribution >= 0.6 is 11.6 Å². The number of nitrogens with zero attached hydrogens (tertiary/aromatic N) is 1. The standard InChI is InChI=1S/C14H16ClNO.C2H6/c1-10-4-5-11(7-13(10)15)14(9-16)6-2-3-12(17)8-14;1-2/h4-5,7,12,17H,2-3,6,8H2,1H3;1-2H3. The molecule has 0 saturated heterocycles. The van der Waals surface area contributed by atoms with Crippen molar-refractivity contribution in [2.75, 3.05) is 0 Å². The molecule has 2 rings (SSSR count). The van der Waals surface area contributed by atoms with Crippen molar-refractivity contribution < 1.29 is 5.11 Å². The molecule has 1 aromatic carbocycles. The fraction of sp³-hybridized carbons (Fsp3) is 0.562. The molecule has 19 heavy (non-hydrogen) atoms. The zero-order valence-corrected chi connectivity index (χ0v) is 12.7. The van der Waals surface area contributed by atoms with E-state index in [1.165, 1.54) is 0 Å². The summed E-state index contributed by atoms with van der Waals surface area (Å²) in [6.45, 7) is 5.95. The van der Waals surface area contributed by atoms with Crippen LogP contribution in [0.1, 0.15) is 50.7 Å². The van der Waals surface area contributed by atoms with E-state index in [-0.39, 0.29) is 6.10 Å². The van der Waals surface area contributed by atoms with Gasteiger partial charge < -0.3 is 5.11 Å². The average molecular weight is 280 g/mol. The Bertz CT molecular complexity index is 466. The van der Waals surface area contributed by atoms with Crippen LogP contribution in [0.15, 0.2) is 18.2 Å². The average Bonchev–Trinajstić information content (AvgIpc) is 2.44. The molecule has 0 amide bonds. The second-order valence-electron chi connectivity index (χ2n) is 4.91. The van der Waals surface area contributed by atoms with E-state index in [0.717, 1.165) is 30.4 Å². The Kier molecular flexibility index (Phi) is 5.85. The minimum atomic E-state index is -0.561. The van der Waals surface area contributed by atoms with E-state index < -0.39 is 5.41 Å². The normalized spacial score (nSPS) is 26.0. The third-order valence-corrected chi connectivity index (χ3v) is 4.07. The quantitative estimate of drug-likeness (QED) is 0.829. The van der Waals surface area contributed by atoms with Gasteiger partial charge in [-0.25, -0.2) is 0 Å². The first-order chi connectivity index (χ1) is 9.07. The largest absolute Gasteiger partial charge is 0.393 e. The van der Waals surface area contributed by atoms with Crippen LogP contribution in [0.2, 0.25) is 5.02 Å². The van der Waals surface area contributed by atoms with Crippen LogP contribution in [0.5, 0.6) is 0 Å². The third kappa shape index (κ3) is 3.49. The van der Waals surface area contributed by atoms with E-state index >= 15 is 0 Å². The van der Waals surface area contributed by atoms with Gasteiger partial charge in [-0.05, 0) is 49.8 Å². The summed E-state index contributed by atoms with van der Waals surface area (Å²) in [5.41, 5.74) is 1.39. The van der Waals surface area contributed by atoms with Gasteiger partial charge in [0, 0.05) is 5.02 Å². The lowest BCUT2D eigenvalue weighted by Crippen LogP contribution is -2.34. The fourth-order valence-electron chi connectivity index (χ4n) is 2.56. The first-order valence-electron chi connectivity index (χ1n) is 6.93. The Morgan fingerprint density at radius 1 is 1.42 bits per heavy atom. The molecule has 1 aliphatic carbocycles. The van der Waals surface area contributed by atoms with Crippen molar-refractivity contribution in [2.45, 2.75) is 58.0 Å². The molecular weight excluding hydrogens is 258 g/mol. The molecule has 1 fully saturated rings. The van der Waals surface area contributed by atoms with Crippen LogP contribution in [-0.2, 0) is 5.41 Å². The molecule has 3 heteroatoms. The Labute approximate surface area is 121 Å². The summed E-state index contributed by atoms with van der Waals surface area (Å²) in [6.07, 6.45) is 2.63. The third-order valence-electron chi connectivity index (χ3n) is 3.66. The number of hydrogen-bond acceptors (Lipinski definition) is 2. The summed E-state index contributed by atoms with van der Waals surface area (Å²) in [7, 11) is 0. The van der Waals surface area contributed by atoms with Gasteiger partial charge in [-0.2, -0.15) is 5.26 Å². The molecule has 1 N–H and O–H groups in total. The summed E-state index contributed by atoms with van der Waals surface area (Å²) in [5.74, 6) is 0. The van der Waals surface area contributed by atoms with Gasteiger partial charge in [0.2, 0.25) is 0 Å². The van der Waals surface area contributed by atoms with E-state index in [4.69, 9.17) is 11.6 Å². The first-order valence-corrected chi connectivity index (χ1v) is 7.31. The van der Waals surface area contributed by atoms with Crippen LogP contribution < -0.4 is 0 Å². The van der Waals surface area contributed by atoms with Gasteiger partial charge in [0.25, 0.3) is 0 Å². The highest BCUT2D eigenvalue weighted by atomic mass is 35.5. The van der Waals surface area contributed by atoms with Crippen molar-refractivity contribution in [3.8, 4) is 6.07 Å². The Morgan fingerprint density at radius 3 is 2.63 bits per heavy atom. The number of aryl methyl sites for hydroxylation is 1. The van der Waals surface area contributed by atoms with E-state index in [0.29, 0.717) is 11.4 Å². The van der Waals surface area contributed by atoms with Crippen molar-refractivity contribution in [3.63, 3.8) is 0 Å². The predicted molar refractivity (Wildman–Crippen MR) is 79.3 cm³/mol. The smallest absolute Gasteiger partial charge is 0.0847 e. The van der Waals surface area contributed by atoms with E-state index in [2.05, 4.69) is 6.07 Å². The molecule has 2 atom stereocenters. The number of rotatable bonds is 1. The van der Waals surface area contributed by atoms with Crippen molar-refractivity contribution in [1.82, 2.24) is 0 Å². The molecule has 2 nitrogen and oxygen atoms in total. The summed E-state index contributed by atoms with van der Waals surface area (Å²) in [4.78, 5) is 0. The van der Waals surface area contributed by atoms with Gasteiger partial charge in [0.15, 0.2) is 0 Å². The maximum atomic E-state index is 9.78. The molecule has 104 valence electrons. The molecule has 0 spiro atoms. The van der Waals surface area contributed by atoms with Crippen LogP contribution in [-0.4, -0.2) is 11.2 Å². The van der Waals surface area contributed by atoms with Crippen molar-refractivity contribution in [2.24, 2.45) is 0 Å². The van der Waals surface area contributed by atoms with Crippen molar-refractivity contribution >= 4 is 11.6 Å². The molecule has 0 radical (unpaired) electrons. The second kappa shape index (κ2) is 6.93. The van der Waals surface area contributed by atoms with Crippen LogP contribution in [0.4, 0.5) is 0 Å². The van der Waals surface area contributed by atoms with Gasteiger partial charge in [0.1, 0.15) is 0 Å². The highest BCUT2D eigenvalue weighted by Crippen LogP contribution is 2.40. The molecule has 1 aromatic rings. The molecule has 0 aromatic heterocycles. The topological polar surface area (TPSA) is 44.0 Å². The zero-order valence-electron chi connectivity index (χ0n) is 11.9. The molecule has 0 aliphatic heterocycles. The summed E-state index contributed by atoms with van der Waals surface area (Å²) < 4.78 is 0. The number of halogens is 1. The van der Waals surface area contributed by atoms with E-state index in [1.54, 1.807) is 0 Å². The minimum absolute atomic E-state index is 0.372. The number of aliphatic hydroxyl groups is 1. The van der Waals surface area contributed by atoms with Gasteiger partial charge >= 0.3 is 0 Å². The Morgan fingerprint density at radius 2 is 2.11 bits per heavy atom. The molecular formula is C16H22ClNO. The molecule has 0 bridgehead atoms. The van der Waals surface area contributed by atoms with E-state index in [1.807, 2.05) is 39.0 Å². The SMILES string of the molecule is CC.Cc1ccc(C2(C#N)CCCC(O)C2)cc1Cl. The lowest BCUT2D eigenvalue weighted by atomic mass is 9.69. The highest BCUT2D eigenvalue weighted by molar-refractivity contribution is 6.31. The second-order valence-corrected chi connectivity index (χ2v) is 5.32. The van der Waals surface area contributed by atoms with Crippen LogP contribution in [0, 0.1) is 18.3 Å². The molecule has 2 unspecified atom stereocenters. The molecule has 0 heterocycles. The maximum absolute atomic E-state index is 9.78. The van der Waals surface area contributed by atoms with Crippen molar-refractivity contribution in [3.05, 3.63) is 34.3 Å². The molecule has 1 saturated carbocycles. The predicted octanol–water partition coefficient (Wildman–Crippen LogP) is 4.37. The number of benzene rings is 1. The summed E-state index contributed by atoms with van der Waals surface area (Å²) in [6, 6.07) is 8.17. The number of nitriles is 1. The van der Waals surface area contributed by atoms with Gasteiger partial charge in [-0.15, -0.1) is 0 Å².